The van der Waals surface area contributed by atoms with Crippen LogP contribution >= 0.6 is 15.9 Å². The van der Waals surface area contributed by atoms with Crippen LogP contribution in [0.15, 0.2) is 47.1 Å². The number of pyridine rings is 1. The lowest BCUT2D eigenvalue weighted by molar-refractivity contribution is 0.190. The van der Waals surface area contributed by atoms with Gasteiger partial charge >= 0.3 is 0 Å². The summed E-state index contributed by atoms with van der Waals surface area (Å²) < 4.78 is 6.63. The third kappa shape index (κ3) is 3.31. The Bertz CT molecular complexity index is 514. The molecule has 0 saturated heterocycles. The molecular formula is C14H14BrNO2. The van der Waals surface area contributed by atoms with Crippen LogP contribution in [0.3, 0.4) is 0 Å². The van der Waals surface area contributed by atoms with Crippen molar-refractivity contribution in [2.24, 2.45) is 0 Å². The molecular weight excluding hydrogens is 294 g/mol. The van der Waals surface area contributed by atoms with Crippen LogP contribution in [0.2, 0.25) is 0 Å². The fourth-order valence-corrected chi connectivity index (χ4v) is 1.95. The van der Waals surface area contributed by atoms with E-state index < -0.39 is 6.10 Å². The van der Waals surface area contributed by atoms with Crippen molar-refractivity contribution >= 4 is 15.9 Å². The van der Waals surface area contributed by atoms with Crippen molar-refractivity contribution in [2.75, 3.05) is 0 Å². The quantitative estimate of drug-likeness (QED) is 0.940. The second kappa shape index (κ2) is 5.98. The molecule has 0 fully saturated rings. The SMILES string of the molecule is CC(O)c1ccc(Br)cc1OCc1ccccn1. The minimum atomic E-state index is -0.558. The number of rotatable bonds is 4. The van der Waals surface area contributed by atoms with Gasteiger partial charge in [0.15, 0.2) is 0 Å². The van der Waals surface area contributed by atoms with E-state index in [0.29, 0.717) is 12.4 Å². The first-order valence-corrected chi connectivity index (χ1v) is 6.46. The van der Waals surface area contributed by atoms with E-state index in [4.69, 9.17) is 4.74 Å². The van der Waals surface area contributed by atoms with E-state index in [1.165, 1.54) is 0 Å². The Kier molecular flexibility index (Phi) is 4.33. The Morgan fingerprint density at radius 2 is 2.17 bits per heavy atom. The maximum Gasteiger partial charge on any atom is 0.130 e. The molecule has 0 aliphatic heterocycles. The molecule has 3 nitrogen and oxygen atoms in total. The summed E-state index contributed by atoms with van der Waals surface area (Å²) in [7, 11) is 0. The maximum absolute atomic E-state index is 9.68. The summed E-state index contributed by atoms with van der Waals surface area (Å²) in [6, 6.07) is 11.3. The van der Waals surface area contributed by atoms with Crippen molar-refractivity contribution in [2.45, 2.75) is 19.6 Å². The molecule has 94 valence electrons. The summed E-state index contributed by atoms with van der Waals surface area (Å²) in [5.41, 5.74) is 1.63. The molecule has 0 bridgehead atoms. The van der Waals surface area contributed by atoms with Crippen molar-refractivity contribution in [3.05, 3.63) is 58.3 Å². The van der Waals surface area contributed by atoms with Gasteiger partial charge in [0.05, 0.1) is 11.8 Å². The molecule has 2 rings (SSSR count). The van der Waals surface area contributed by atoms with Crippen molar-refractivity contribution in [3.63, 3.8) is 0 Å². The van der Waals surface area contributed by atoms with E-state index in [9.17, 15) is 5.11 Å². The Hall–Kier alpha value is -1.39. The summed E-state index contributed by atoms with van der Waals surface area (Å²) in [6.07, 6.45) is 1.17. The molecule has 1 heterocycles. The lowest BCUT2D eigenvalue weighted by atomic mass is 10.1. The van der Waals surface area contributed by atoms with E-state index >= 15 is 0 Å². The second-order valence-corrected chi connectivity index (χ2v) is 4.88. The van der Waals surface area contributed by atoms with Crippen LogP contribution < -0.4 is 4.74 Å². The Labute approximate surface area is 115 Å². The van der Waals surface area contributed by atoms with Crippen LogP contribution in [-0.2, 0) is 6.61 Å². The zero-order valence-corrected chi connectivity index (χ0v) is 11.6. The third-order valence-corrected chi connectivity index (χ3v) is 3.02. The number of aromatic nitrogens is 1. The molecule has 2 aromatic rings. The number of nitrogens with zero attached hydrogens (tertiary/aromatic N) is 1. The summed E-state index contributed by atoms with van der Waals surface area (Å²) >= 11 is 3.39. The molecule has 1 aromatic carbocycles. The van der Waals surface area contributed by atoms with Gasteiger partial charge in [-0.3, -0.25) is 4.98 Å². The Morgan fingerprint density at radius 3 is 2.83 bits per heavy atom. The molecule has 0 saturated carbocycles. The molecule has 0 aliphatic rings. The van der Waals surface area contributed by atoms with E-state index in [1.807, 2.05) is 36.4 Å². The molecule has 0 aliphatic carbocycles. The van der Waals surface area contributed by atoms with Gasteiger partial charge in [-0.25, -0.2) is 0 Å². The fraction of sp³-hybridized carbons (Fsp3) is 0.214. The first-order chi connectivity index (χ1) is 8.66. The molecule has 0 radical (unpaired) electrons. The van der Waals surface area contributed by atoms with Crippen LogP contribution in [0, 0.1) is 0 Å². The summed E-state index contributed by atoms with van der Waals surface area (Å²) in [5, 5.41) is 9.68. The fourth-order valence-electron chi connectivity index (χ4n) is 1.61. The van der Waals surface area contributed by atoms with E-state index in [1.54, 1.807) is 13.1 Å². The highest BCUT2D eigenvalue weighted by molar-refractivity contribution is 9.10. The second-order valence-electron chi connectivity index (χ2n) is 3.97. The minimum absolute atomic E-state index is 0.386. The van der Waals surface area contributed by atoms with E-state index in [0.717, 1.165) is 15.7 Å². The highest BCUT2D eigenvalue weighted by Gasteiger charge is 2.10. The number of benzene rings is 1. The van der Waals surface area contributed by atoms with Crippen molar-refractivity contribution in [3.8, 4) is 5.75 Å². The Balaban J connectivity index is 2.15. The zero-order valence-electron chi connectivity index (χ0n) is 10.0. The molecule has 4 heteroatoms. The van der Waals surface area contributed by atoms with Gasteiger partial charge in [-0.05, 0) is 31.2 Å². The predicted octanol–water partition coefficient (Wildman–Crippen LogP) is 3.48. The first kappa shape index (κ1) is 13.1. The van der Waals surface area contributed by atoms with Crippen molar-refractivity contribution in [1.82, 2.24) is 4.98 Å². The monoisotopic (exact) mass is 307 g/mol. The lowest BCUT2D eigenvalue weighted by Gasteiger charge is -2.13. The van der Waals surface area contributed by atoms with Gasteiger partial charge in [0.1, 0.15) is 12.4 Å². The molecule has 0 spiro atoms. The maximum atomic E-state index is 9.68. The summed E-state index contributed by atoms with van der Waals surface area (Å²) in [4.78, 5) is 4.19. The largest absolute Gasteiger partial charge is 0.487 e. The number of ether oxygens (including phenoxy) is 1. The topological polar surface area (TPSA) is 42.4 Å². The average molecular weight is 308 g/mol. The van der Waals surface area contributed by atoms with Crippen LogP contribution in [0.25, 0.3) is 0 Å². The smallest absolute Gasteiger partial charge is 0.130 e. The van der Waals surface area contributed by atoms with Crippen LogP contribution in [-0.4, -0.2) is 10.1 Å². The van der Waals surface area contributed by atoms with Gasteiger partial charge < -0.3 is 9.84 Å². The van der Waals surface area contributed by atoms with Gasteiger partial charge in [0.2, 0.25) is 0 Å². The van der Waals surface area contributed by atoms with Gasteiger partial charge in [0, 0.05) is 16.2 Å². The van der Waals surface area contributed by atoms with E-state index in [2.05, 4.69) is 20.9 Å². The van der Waals surface area contributed by atoms with Crippen molar-refractivity contribution < 1.29 is 9.84 Å². The van der Waals surface area contributed by atoms with Gasteiger partial charge in [0.25, 0.3) is 0 Å². The standard InChI is InChI=1S/C14H14BrNO2/c1-10(17)13-6-5-11(15)8-14(13)18-9-12-4-2-3-7-16-12/h2-8,10,17H,9H2,1H3. The molecule has 1 atom stereocenters. The minimum Gasteiger partial charge on any atom is -0.487 e. The summed E-state index contributed by atoms with van der Waals surface area (Å²) in [6.45, 7) is 2.11. The van der Waals surface area contributed by atoms with Crippen LogP contribution in [0.4, 0.5) is 0 Å². The van der Waals surface area contributed by atoms with Gasteiger partial charge in [-0.15, -0.1) is 0 Å². The molecule has 18 heavy (non-hydrogen) atoms. The molecule has 1 unspecified atom stereocenters. The van der Waals surface area contributed by atoms with Gasteiger partial charge in [-0.1, -0.05) is 28.1 Å². The average Bonchev–Trinajstić information content (AvgIpc) is 2.37. The summed E-state index contributed by atoms with van der Waals surface area (Å²) in [5.74, 6) is 0.671. The van der Waals surface area contributed by atoms with Crippen LogP contribution in [0.1, 0.15) is 24.3 Å². The predicted molar refractivity (Wildman–Crippen MR) is 73.3 cm³/mol. The highest BCUT2D eigenvalue weighted by Crippen LogP contribution is 2.29. The Morgan fingerprint density at radius 1 is 1.33 bits per heavy atom. The highest BCUT2D eigenvalue weighted by atomic mass is 79.9. The molecule has 1 N–H and O–H groups in total. The first-order valence-electron chi connectivity index (χ1n) is 5.67. The zero-order chi connectivity index (χ0) is 13.0. The number of hydrogen-bond donors (Lipinski definition) is 1. The van der Waals surface area contributed by atoms with E-state index in [-0.39, 0.29) is 0 Å². The normalized spacial score (nSPS) is 12.2. The van der Waals surface area contributed by atoms with Crippen LogP contribution in [0.5, 0.6) is 5.75 Å². The van der Waals surface area contributed by atoms with Crippen molar-refractivity contribution in [1.29, 1.82) is 0 Å². The number of halogens is 1. The van der Waals surface area contributed by atoms with Gasteiger partial charge in [-0.2, -0.15) is 0 Å². The molecule has 0 amide bonds. The number of aliphatic hydroxyl groups is 1. The lowest BCUT2D eigenvalue weighted by Crippen LogP contribution is -2.02. The number of hydrogen-bond acceptors (Lipinski definition) is 3. The number of aliphatic hydroxyl groups excluding tert-OH is 1. The third-order valence-electron chi connectivity index (χ3n) is 2.53. The molecule has 1 aromatic heterocycles.